The Kier molecular flexibility index (Phi) is 2.96. The van der Waals surface area contributed by atoms with Crippen LogP contribution in [0.3, 0.4) is 0 Å². The second-order valence-electron chi connectivity index (χ2n) is 3.74. The molecule has 1 aliphatic carbocycles. The zero-order valence-corrected chi connectivity index (χ0v) is 9.13. The molecule has 0 spiro atoms. The van der Waals surface area contributed by atoms with Crippen molar-refractivity contribution in [2.45, 2.75) is 38.1 Å². The van der Waals surface area contributed by atoms with Crippen molar-refractivity contribution in [2.75, 3.05) is 7.11 Å². The van der Waals surface area contributed by atoms with Crippen LogP contribution < -0.4 is 4.74 Å². The van der Waals surface area contributed by atoms with Crippen LogP contribution in [0.25, 0.3) is 0 Å². The number of rotatable bonds is 2. The van der Waals surface area contributed by atoms with Crippen LogP contribution in [-0.2, 0) is 0 Å². The van der Waals surface area contributed by atoms with E-state index in [1.807, 2.05) is 4.68 Å². The largest absolute Gasteiger partial charge is 0.492 e. The first kappa shape index (κ1) is 9.84. The van der Waals surface area contributed by atoms with Gasteiger partial charge in [-0.1, -0.05) is 30.9 Å². The third-order valence-electron chi connectivity index (χ3n) is 2.84. The third-order valence-corrected chi connectivity index (χ3v) is 3.20. The molecule has 0 atom stereocenters. The summed E-state index contributed by atoms with van der Waals surface area (Å²) in [5.74, 6) is 0.678. The molecule has 0 aliphatic heterocycles. The van der Waals surface area contributed by atoms with Crippen molar-refractivity contribution >= 4 is 11.6 Å². The van der Waals surface area contributed by atoms with E-state index in [2.05, 4.69) is 5.10 Å². The van der Waals surface area contributed by atoms with Gasteiger partial charge in [-0.2, -0.15) is 5.10 Å². The van der Waals surface area contributed by atoms with Gasteiger partial charge in [-0.25, -0.2) is 4.68 Å². The monoisotopic (exact) mass is 214 g/mol. The number of nitrogens with zero attached hydrogens (tertiary/aromatic N) is 2. The third kappa shape index (κ3) is 1.73. The zero-order valence-electron chi connectivity index (χ0n) is 8.37. The van der Waals surface area contributed by atoms with Gasteiger partial charge < -0.3 is 4.74 Å². The van der Waals surface area contributed by atoms with Crippen LogP contribution in [0, 0.1) is 0 Å². The highest BCUT2D eigenvalue weighted by Gasteiger charge is 2.20. The molecule has 1 aromatic heterocycles. The summed E-state index contributed by atoms with van der Waals surface area (Å²) in [4.78, 5) is 0. The molecule has 0 N–H and O–H groups in total. The van der Waals surface area contributed by atoms with Crippen molar-refractivity contribution in [3.05, 3.63) is 11.3 Å². The van der Waals surface area contributed by atoms with E-state index in [0.29, 0.717) is 16.9 Å². The minimum Gasteiger partial charge on any atom is -0.492 e. The summed E-state index contributed by atoms with van der Waals surface area (Å²) in [6, 6.07) is 0.472. The lowest BCUT2D eigenvalue weighted by molar-refractivity contribution is 0.328. The summed E-state index contributed by atoms with van der Waals surface area (Å²) in [6.45, 7) is 0. The van der Waals surface area contributed by atoms with Crippen molar-refractivity contribution in [2.24, 2.45) is 0 Å². The Hall–Kier alpha value is -0.700. The molecule has 2 rings (SSSR count). The summed E-state index contributed by atoms with van der Waals surface area (Å²) >= 11 is 6.13. The van der Waals surface area contributed by atoms with Gasteiger partial charge in [-0.15, -0.1) is 0 Å². The van der Waals surface area contributed by atoms with E-state index in [9.17, 15) is 0 Å². The summed E-state index contributed by atoms with van der Waals surface area (Å²) < 4.78 is 7.00. The standard InChI is InChI=1S/C10H15ClN2O/c1-14-9-7-12-13(10(9)11)8-5-3-2-4-6-8/h7-8H,2-6H2,1H3. The van der Waals surface area contributed by atoms with Gasteiger partial charge in [0.15, 0.2) is 10.9 Å². The topological polar surface area (TPSA) is 27.1 Å². The number of methoxy groups -OCH3 is 1. The van der Waals surface area contributed by atoms with Gasteiger partial charge in [-0.3, -0.25) is 0 Å². The lowest BCUT2D eigenvalue weighted by Gasteiger charge is -2.22. The quantitative estimate of drug-likeness (QED) is 0.757. The predicted molar refractivity (Wildman–Crippen MR) is 55.9 cm³/mol. The highest BCUT2D eigenvalue weighted by molar-refractivity contribution is 6.31. The fraction of sp³-hybridized carbons (Fsp3) is 0.700. The molecule has 1 aliphatic rings. The Labute approximate surface area is 89.0 Å². The Bertz CT molecular complexity index is 305. The molecule has 78 valence electrons. The number of ether oxygens (including phenoxy) is 1. The van der Waals surface area contributed by atoms with E-state index in [0.717, 1.165) is 0 Å². The number of hydrogen-bond acceptors (Lipinski definition) is 2. The first-order valence-electron chi connectivity index (χ1n) is 5.10. The molecular weight excluding hydrogens is 200 g/mol. The molecule has 1 fully saturated rings. The molecule has 0 amide bonds. The van der Waals surface area contributed by atoms with Crippen LogP contribution >= 0.6 is 11.6 Å². The van der Waals surface area contributed by atoms with Crippen molar-refractivity contribution in [3.8, 4) is 5.75 Å². The van der Waals surface area contributed by atoms with Gasteiger partial charge in [0.2, 0.25) is 0 Å². The Balaban J connectivity index is 2.18. The Morgan fingerprint density at radius 1 is 1.43 bits per heavy atom. The van der Waals surface area contributed by atoms with Gasteiger partial charge in [0, 0.05) is 0 Å². The van der Waals surface area contributed by atoms with Crippen LogP contribution in [-0.4, -0.2) is 16.9 Å². The first-order chi connectivity index (χ1) is 6.83. The molecule has 0 unspecified atom stereocenters. The lowest BCUT2D eigenvalue weighted by atomic mass is 9.96. The van der Waals surface area contributed by atoms with E-state index in [1.54, 1.807) is 13.3 Å². The van der Waals surface area contributed by atoms with E-state index < -0.39 is 0 Å². The van der Waals surface area contributed by atoms with Crippen molar-refractivity contribution in [1.29, 1.82) is 0 Å². The molecule has 1 aromatic rings. The maximum Gasteiger partial charge on any atom is 0.175 e. The number of aromatic nitrogens is 2. The van der Waals surface area contributed by atoms with E-state index in [4.69, 9.17) is 16.3 Å². The fourth-order valence-corrected chi connectivity index (χ4v) is 2.36. The zero-order chi connectivity index (χ0) is 9.97. The van der Waals surface area contributed by atoms with Crippen LogP contribution in [0.4, 0.5) is 0 Å². The molecule has 0 bridgehead atoms. The SMILES string of the molecule is COc1cnn(C2CCCCC2)c1Cl. The smallest absolute Gasteiger partial charge is 0.175 e. The van der Waals surface area contributed by atoms with Crippen LogP contribution in [0.2, 0.25) is 5.15 Å². The lowest BCUT2D eigenvalue weighted by Crippen LogP contribution is -2.14. The highest BCUT2D eigenvalue weighted by atomic mass is 35.5. The maximum atomic E-state index is 6.13. The van der Waals surface area contributed by atoms with Gasteiger partial charge in [0.25, 0.3) is 0 Å². The molecule has 1 saturated carbocycles. The number of halogens is 1. The highest BCUT2D eigenvalue weighted by Crippen LogP contribution is 2.33. The van der Waals surface area contributed by atoms with Gasteiger partial charge in [-0.05, 0) is 12.8 Å². The van der Waals surface area contributed by atoms with E-state index in [-0.39, 0.29) is 0 Å². The summed E-state index contributed by atoms with van der Waals surface area (Å²) in [7, 11) is 1.62. The number of hydrogen-bond donors (Lipinski definition) is 0. The van der Waals surface area contributed by atoms with Gasteiger partial charge in [0.05, 0.1) is 19.3 Å². The fourth-order valence-electron chi connectivity index (χ4n) is 2.05. The summed E-state index contributed by atoms with van der Waals surface area (Å²) in [5.41, 5.74) is 0. The normalized spacial score (nSPS) is 18.4. The van der Waals surface area contributed by atoms with Crippen LogP contribution in [0.5, 0.6) is 5.75 Å². The van der Waals surface area contributed by atoms with E-state index in [1.165, 1.54) is 32.1 Å². The van der Waals surface area contributed by atoms with Crippen LogP contribution in [0.1, 0.15) is 38.1 Å². The van der Waals surface area contributed by atoms with Crippen LogP contribution in [0.15, 0.2) is 6.20 Å². The molecule has 3 nitrogen and oxygen atoms in total. The maximum absolute atomic E-state index is 6.13. The van der Waals surface area contributed by atoms with Crippen molar-refractivity contribution in [1.82, 2.24) is 9.78 Å². The minimum atomic E-state index is 0.472. The molecule has 0 radical (unpaired) electrons. The van der Waals surface area contributed by atoms with Crippen molar-refractivity contribution < 1.29 is 4.74 Å². The molecule has 4 heteroatoms. The van der Waals surface area contributed by atoms with Gasteiger partial charge >= 0.3 is 0 Å². The summed E-state index contributed by atoms with van der Waals surface area (Å²) in [6.07, 6.45) is 7.96. The molecular formula is C10H15ClN2O. The first-order valence-corrected chi connectivity index (χ1v) is 5.47. The Morgan fingerprint density at radius 2 is 2.14 bits per heavy atom. The molecule has 14 heavy (non-hydrogen) atoms. The molecule has 0 saturated heterocycles. The predicted octanol–water partition coefficient (Wildman–Crippen LogP) is 3.05. The average Bonchev–Trinajstić information content (AvgIpc) is 2.61. The minimum absolute atomic E-state index is 0.472. The average molecular weight is 215 g/mol. The molecule has 0 aromatic carbocycles. The molecule has 1 heterocycles. The van der Waals surface area contributed by atoms with E-state index >= 15 is 0 Å². The Morgan fingerprint density at radius 3 is 2.71 bits per heavy atom. The second kappa shape index (κ2) is 4.22. The summed E-state index contributed by atoms with van der Waals surface area (Å²) in [5, 5.41) is 4.91. The van der Waals surface area contributed by atoms with Crippen molar-refractivity contribution in [3.63, 3.8) is 0 Å². The van der Waals surface area contributed by atoms with Gasteiger partial charge in [0.1, 0.15) is 0 Å². The second-order valence-corrected chi connectivity index (χ2v) is 4.10.